The quantitative estimate of drug-likeness (QED) is 0.552. The van der Waals surface area contributed by atoms with Crippen LogP contribution >= 0.6 is 0 Å². The van der Waals surface area contributed by atoms with Gasteiger partial charge in [0.2, 0.25) is 42.5 Å². The Hall–Kier alpha value is -4.89. The Bertz CT molecular complexity index is 1570. The number of likely N-dealkylation sites (N-methyl/N-ethyl adjacent to an activating group) is 1. The van der Waals surface area contributed by atoms with Gasteiger partial charge in [0.05, 0.1) is 34.4 Å². The highest BCUT2D eigenvalue weighted by Gasteiger charge is 2.41. The molecule has 0 amide bonds. The van der Waals surface area contributed by atoms with Crippen molar-refractivity contribution in [1.82, 2.24) is 4.90 Å². The van der Waals surface area contributed by atoms with Crippen LogP contribution in [0.3, 0.4) is 0 Å². The fourth-order valence-electron chi connectivity index (χ4n) is 5.70. The van der Waals surface area contributed by atoms with E-state index in [0.29, 0.717) is 76.0 Å². The lowest BCUT2D eigenvalue weighted by Crippen LogP contribution is -2.36. The molecule has 2 aromatic carbocycles. The summed E-state index contributed by atoms with van der Waals surface area (Å²) < 4.78 is 51.6. The molecule has 0 radical (unpaired) electrons. The Kier molecular flexibility index (Phi) is 6.59. The number of hydrogen-bond donors (Lipinski definition) is 1. The number of fused-ring (bicyclic) bond motifs is 2. The zero-order valence-corrected chi connectivity index (χ0v) is 23.3. The molecule has 12 heteroatoms. The molecule has 4 aliphatic rings. The van der Waals surface area contributed by atoms with E-state index in [1.165, 1.54) is 0 Å². The second kappa shape index (κ2) is 10.3. The van der Waals surface area contributed by atoms with Gasteiger partial charge in [0.1, 0.15) is 17.4 Å². The molecule has 0 saturated heterocycles. The van der Waals surface area contributed by atoms with Crippen molar-refractivity contribution < 1.29 is 42.6 Å². The molecule has 1 atom stereocenters. The second-order valence-electron chi connectivity index (χ2n) is 9.65. The summed E-state index contributed by atoms with van der Waals surface area (Å²) in [7, 11) is 8.19. The van der Waals surface area contributed by atoms with Crippen molar-refractivity contribution in [1.29, 1.82) is 5.26 Å². The number of nitriles is 1. The highest BCUT2D eigenvalue weighted by molar-refractivity contribution is 5.75. The Morgan fingerprint density at radius 1 is 0.878 bits per heavy atom. The van der Waals surface area contributed by atoms with Gasteiger partial charge < -0.3 is 48.4 Å². The average molecular weight is 564 g/mol. The normalized spacial score (nSPS) is 20.0. The molecule has 0 spiro atoms. The standard InChI is InChI=1S/C29H29N3O9/c1-32-10-15(6-14-7-19(33-2)25-27(23(14)35-4)39-12-37-25)22-18(11-32)21(17(9-30)29(31)41-22)16-8-20(34-3)26-28(24(16)36-5)40-13-38-26/h6-8,21H,10-13,31H2,1-5H3/b15-6+. The molecule has 0 bridgehead atoms. The lowest BCUT2D eigenvalue weighted by atomic mass is 9.79. The summed E-state index contributed by atoms with van der Waals surface area (Å²) in [5, 5.41) is 10.2. The Morgan fingerprint density at radius 3 is 2.10 bits per heavy atom. The summed E-state index contributed by atoms with van der Waals surface area (Å²) in [5.74, 6) is 3.63. The van der Waals surface area contributed by atoms with Crippen LogP contribution in [0.15, 0.2) is 40.5 Å². The number of nitrogens with two attached hydrogens (primary N) is 1. The topological polar surface area (TPSA) is 136 Å². The van der Waals surface area contributed by atoms with Crippen LogP contribution in [-0.2, 0) is 4.74 Å². The maximum absolute atomic E-state index is 10.2. The molecule has 0 fully saturated rings. The number of ether oxygens (including phenoxy) is 9. The van der Waals surface area contributed by atoms with Gasteiger partial charge in [-0.05, 0) is 30.8 Å². The van der Waals surface area contributed by atoms with Gasteiger partial charge in [0, 0.05) is 29.8 Å². The first kappa shape index (κ1) is 26.3. The number of nitrogens with zero attached hydrogens (tertiary/aromatic N) is 2. The third-order valence-corrected chi connectivity index (χ3v) is 7.37. The number of allylic oxidation sites excluding steroid dienone is 1. The van der Waals surface area contributed by atoms with Crippen molar-refractivity contribution in [2.75, 3.05) is 62.2 Å². The predicted octanol–water partition coefficient (Wildman–Crippen LogP) is 3.27. The second-order valence-corrected chi connectivity index (χ2v) is 9.65. The summed E-state index contributed by atoms with van der Waals surface area (Å²) in [6, 6.07) is 5.87. The van der Waals surface area contributed by atoms with Crippen molar-refractivity contribution >= 4 is 6.08 Å². The molecule has 2 N–H and O–H groups in total. The molecule has 4 heterocycles. The number of hydrogen-bond acceptors (Lipinski definition) is 12. The molecule has 1 unspecified atom stereocenters. The molecule has 0 aromatic heterocycles. The summed E-state index contributed by atoms with van der Waals surface area (Å²) in [5.41, 5.74) is 9.63. The van der Waals surface area contributed by atoms with Gasteiger partial charge in [-0.25, -0.2) is 0 Å². The Morgan fingerprint density at radius 2 is 1.49 bits per heavy atom. The summed E-state index contributed by atoms with van der Waals surface area (Å²) in [4.78, 5) is 2.12. The lowest BCUT2D eigenvalue weighted by molar-refractivity contribution is 0.168. The van der Waals surface area contributed by atoms with E-state index in [2.05, 4.69) is 11.0 Å². The first-order chi connectivity index (χ1) is 19.9. The van der Waals surface area contributed by atoms with E-state index in [1.54, 1.807) is 34.5 Å². The molecule has 214 valence electrons. The number of rotatable bonds is 6. The predicted molar refractivity (Wildman–Crippen MR) is 144 cm³/mol. The van der Waals surface area contributed by atoms with E-state index in [4.69, 9.17) is 48.4 Å². The molecular formula is C29H29N3O9. The average Bonchev–Trinajstić information content (AvgIpc) is 3.66. The Balaban J connectivity index is 1.56. The minimum absolute atomic E-state index is 0.000576. The smallest absolute Gasteiger partial charge is 0.231 e. The van der Waals surface area contributed by atoms with Gasteiger partial charge in [-0.1, -0.05) is 0 Å². The van der Waals surface area contributed by atoms with Crippen molar-refractivity contribution in [3.05, 3.63) is 51.6 Å². The minimum Gasteiger partial charge on any atom is -0.493 e. The van der Waals surface area contributed by atoms with Crippen LogP contribution in [0.4, 0.5) is 0 Å². The fourth-order valence-corrected chi connectivity index (χ4v) is 5.70. The largest absolute Gasteiger partial charge is 0.493 e. The minimum atomic E-state index is -0.610. The zero-order valence-electron chi connectivity index (χ0n) is 23.3. The van der Waals surface area contributed by atoms with E-state index in [1.807, 2.05) is 19.2 Å². The van der Waals surface area contributed by atoms with Gasteiger partial charge >= 0.3 is 0 Å². The maximum Gasteiger partial charge on any atom is 0.231 e. The summed E-state index contributed by atoms with van der Waals surface area (Å²) >= 11 is 0. The fraction of sp³-hybridized carbons (Fsp3) is 0.345. The molecular weight excluding hydrogens is 534 g/mol. The van der Waals surface area contributed by atoms with E-state index >= 15 is 0 Å². The van der Waals surface area contributed by atoms with Gasteiger partial charge in [0.25, 0.3) is 0 Å². The van der Waals surface area contributed by atoms with Gasteiger partial charge in [-0.2, -0.15) is 5.26 Å². The summed E-state index contributed by atoms with van der Waals surface area (Å²) in [6.45, 7) is 1.11. The van der Waals surface area contributed by atoms with Crippen LogP contribution in [0.1, 0.15) is 17.0 Å². The Labute approximate surface area is 236 Å². The highest BCUT2D eigenvalue weighted by atomic mass is 16.7. The van der Waals surface area contributed by atoms with Crippen LogP contribution in [0, 0.1) is 11.3 Å². The van der Waals surface area contributed by atoms with Crippen molar-refractivity contribution in [3.8, 4) is 52.1 Å². The molecule has 41 heavy (non-hydrogen) atoms. The van der Waals surface area contributed by atoms with E-state index in [9.17, 15) is 5.26 Å². The van der Waals surface area contributed by atoms with E-state index in [-0.39, 0.29) is 25.0 Å². The SMILES string of the molecule is COc1cc(/C=C2\CN(C)CC3=C2OC(N)=C(C#N)C3c2cc(OC)c3c(c2OC)OCO3)c(OC)c2c1OCO2. The number of methoxy groups -OCH3 is 4. The highest BCUT2D eigenvalue weighted by Crippen LogP contribution is 2.55. The molecule has 6 rings (SSSR count). The van der Waals surface area contributed by atoms with Crippen molar-refractivity contribution in [3.63, 3.8) is 0 Å². The molecule has 4 aliphatic heterocycles. The van der Waals surface area contributed by atoms with Crippen LogP contribution in [-0.4, -0.2) is 67.1 Å². The summed E-state index contributed by atoms with van der Waals surface area (Å²) in [6.07, 6.45) is 1.94. The maximum atomic E-state index is 10.2. The van der Waals surface area contributed by atoms with Gasteiger partial charge in [-0.3, -0.25) is 4.90 Å². The zero-order chi connectivity index (χ0) is 28.8. The first-order valence-electron chi connectivity index (χ1n) is 12.7. The first-order valence-corrected chi connectivity index (χ1v) is 12.7. The van der Waals surface area contributed by atoms with Crippen LogP contribution in [0.5, 0.6) is 46.0 Å². The van der Waals surface area contributed by atoms with Gasteiger partial charge in [-0.15, -0.1) is 0 Å². The molecule has 0 aliphatic carbocycles. The third kappa shape index (κ3) is 4.08. The number of benzene rings is 2. The van der Waals surface area contributed by atoms with Crippen LogP contribution in [0.2, 0.25) is 0 Å². The van der Waals surface area contributed by atoms with Crippen LogP contribution < -0.4 is 43.6 Å². The van der Waals surface area contributed by atoms with Gasteiger partial charge in [0.15, 0.2) is 23.0 Å². The van der Waals surface area contributed by atoms with Crippen LogP contribution in [0.25, 0.3) is 6.08 Å². The third-order valence-electron chi connectivity index (χ3n) is 7.37. The molecule has 12 nitrogen and oxygen atoms in total. The molecule has 0 saturated carbocycles. The van der Waals surface area contributed by atoms with Crippen molar-refractivity contribution in [2.24, 2.45) is 5.73 Å². The van der Waals surface area contributed by atoms with E-state index in [0.717, 1.165) is 11.1 Å². The monoisotopic (exact) mass is 563 g/mol. The van der Waals surface area contributed by atoms with Crippen molar-refractivity contribution in [2.45, 2.75) is 5.92 Å². The molecule has 2 aromatic rings. The van der Waals surface area contributed by atoms with E-state index < -0.39 is 5.92 Å². The lowest BCUT2D eigenvalue weighted by Gasteiger charge is -2.37.